The van der Waals surface area contributed by atoms with Crippen LogP contribution < -0.4 is 5.43 Å². The molecule has 1 aromatic carbocycles. The first-order valence-corrected chi connectivity index (χ1v) is 6.09. The van der Waals surface area contributed by atoms with E-state index in [4.69, 9.17) is 5.11 Å². The fourth-order valence-electron chi connectivity index (χ4n) is 1.25. The van der Waals surface area contributed by atoms with Gasteiger partial charge in [0.1, 0.15) is 5.71 Å². The third-order valence-electron chi connectivity index (χ3n) is 2.20. The van der Waals surface area contributed by atoms with Crippen molar-refractivity contribution in [2.45, 2.75) is 6.92 Å². The number of carboxylic acid groups (broad SMARTS) is 1. The number of hydrogen-bond donors (Lipinski definition) is 2. The molecule has 0 fully saturated rings. The fraction of sp³-hybridized carbons (Fsp3) is 0.0833. The van der Waals surface area contributed by atoms with Crippen molar-refractivity contribution < 1.29 is 9.90 Å². The number of carboxylic acids is 1. The van der Waals surface area contributed by atoms with Crippen LogP contribution in [-0.2, 0) is 4.79 Å². The monoisotopic (exact) mass is 261 g/mol. The van der Waals surface area contributed by atoms with Gasteiger partial charge in [0, 0.05) is 10.9 Å². The predicted octanol–water partition coefficient (Wildman–Crippen LogP) is 2.68. The lowest BCUT2D eigenvalue weighted by Crippen LogP contribution is -2.10. The Morgan fingerprint density at radius 2 is 2.11 bits per heavy atom. The minimum absolute atomic E-state index is 0.00791. The van der Waals surface area contributed by atoms with E-state index in [1.165, 1.54) is 18.3 Å². The number of hydrazone groups is 1. The first-order chi connectivity index (χ1) is 8.66. The lowest BCUT2D eigenvalue weighted by atomic mass is 10.2. The maximum atomic E-state index is 10.6. The highest BCUT2D eigenvalue weighted by Gasteiger charge is 2.05. The fourth-order valence-corrected chi connectivity index (χ4v) is 1.91. The smallest absolute Gasteiger partial charge is 0.351 e. The second-order valence-electron chi connectivity index (χ2n) is 3.52. The molecule has 0 radical (unpaired) electrons. The van der Waals surface area contributed by atoms with Crippen LogP contribution in [0.15, 0.2) is 40.8 Å². The van der Waals surface area contributed by atoms with Crippen LogP contribution in [0.3, 0.4) is 0 Å². The molecule has 0 saturated carbocycles. The highest BCUT2D eigenvalue weighted by atomic mass is 32.1. The van der Waals surface area contributed by atoms with E-state index in [0.717, 1.165) is 11.3 Å². The van der Waals surface area contributed by atoms with Crippen molar-refractivity contribution in [1.82, 2.24) is 4.98 Å². The van der Waals surface area contributed by atoms with E-state index in [1.807, 2.05) is 35.7 Å². The third kappa shape index (κ3) is 2.92. The molecule has 5 nitrogen and oxygen atoms in total. The maximum Gasteiger partial charge on any atom is 0.351 e. The number of carbonyl (C=O) groups is 1. The molecule has 0 aliphatic heterocycles. The topological polar surface area (TPSA) is 74.6 Å². The number of nitrogens with zero attached hydrogens (tertiary/aromatic N) is 2. The van der Waals surface area contributed by atoms with Crippen LogP contribution >= 0.6 is 11.3 Å². The van der Waals surface area contributed by atoms with Gasteiger partial charge in [0.05, 0.1) is 5.69 Å². The summed E-state index contributed by atoms with van der Waals surface area (Å²) >= 11 is 1.38. The quantitative estimate of drug-likeness (QED) is 0.655. The minimum atomic E-state index is -1.05. The van der Waals surface area contributed by atoms with Crippen LogP contribution in [0.5, 0.6) is 0 Å². The van der Waals surface area contributed by atoms with E-state index in [9.17, 15) is 4.79 Å². The van der Waals surface area contributed by atoms with Gasteiger partial charge in [-0.2, -0.15) is 5.10 Å². The van der Waals surface area contributed by atoms with E-state index in [2.05, 4.69) is 15.5 Å². The van der Waals surface area contributed by atoms with Gasteiger partial charge < -0.3 is 5.11 Å². The minimum Gasteiger partial charge on any atom is -0.477 e. The number of rotatable bonds is 4. The van der Waals surface area contributed by atoms with E-state index in [0.29, 0.717) is 5.13 Å². The standard InChI is InChI=1S/C12H11N3O2S/c1-8(11(16)17)14-15-12-13-10(7-18-12)9-5-3-2-4-6-9/h2-7H,1H3,(H,13,15)(H,16,17)/b14-8-. The summed E-state index contributed by atoms with van der Waals surface area (Å²) < 4.78 is 0. The highest BCUT2D eigenvalue weighted by Crippen LogP contribution is 2.24. The van der Waals surface area contributed by atoms with Crippen molar-refractivity contribution in [2.75, 3.05) is 5.43 Å². The van der Waals surface area contributed by atoms with Crippen molar-refractivity contribution in [3.8, 4) is 11.3 Å². The highest BCUT2D eigenvalue weighted by molar-refractivity contribution is 7.14. The van der Waals surface area contributed by atoms with Crippen molar-refractivity contribution in [3.05, 3.63) is 35.7 Å². The first kappa shape index (κ1) is 12.3. The lowest BCUT2D eigenvalue weighted by molar-refractivity contribution is -0.129. The zero-order valence-electron chi connectivity index (χ0n) is 9.62. The molecule has 0 unspecified atom stereocenters. The van der Waals surface area contributed by atoms with Crippen molar-refractivity contribution >= 4 is 28.1 Å². The average Bonchev–Trinajstić information content (AvgIpc) is 2.85. The van der Waals surface area contributed by atoms with E-state index in [-0.39, 0.29) is 5.71 Å². The lowest BCUT2D eigenvalue weighted by Gasteiger charge is -1.96. The molecule has 0 spiro atoms. The van der Waals surface area contributed by atoms with Gasteiger partial charge in [-0.05, 0) is 6.92 Å². The van der Waals surface area contributed by atoms with Gasteiger partial charge in [-0.25, -0.2) is 9.78 Å². The van der Waals surface area contributed by atoms with E-state index in [1.54, 1.807) is 0 Å². The summed E-state index contributed by atoms with van der Waals surface area (Å²) in [5, 5.41) is 14.8. The number of aromatic nitrogens is 1. The Morgan fingerprint density at radius 1 is 1.39 bits per heavy atom. The molecule has 92 valence electrons. The van der Waals surface area contributed by atoms with E-state index >= 15 is 0 Å². The summed E-state index contributed by atoms with van der Waals surface area (Å²) in [4.78, 5) is 14.9. The summed E-state index contributed by atoms with van der Waals surface area (Å²) in [6, 6.07) is 9.74. The Kier molecular flexibility index (Phi) is 3.69. The van der Waals surface area contributed by atoms with E-state index < -0.39 is 5.97 Å². The molecular formula is C12H11N3O2S. The van der Waals surface area contributed by atoms with Gasteiger partial charge in [-0.1, -0.05) is 30.3 Å². The molecule has 0 amide bonds. The summed E-state index contributed by atoms with van der Waals surface area (Å²) in [6.07, 6.45) is 0. The third-order valence-corrected chi connectivity index (χ3v) is 2.95. The van der Waals surface area contributed by atoms with Gasteiger partial charge >= 0.3 is 5.97 Å². The number of thiazole rings is 1. The molecule has 6 heteroatoms. The van der Waals surface area contributed by atoms with Crippen LogP contribution in [0.4, 0.5) is 5.13 Å². The molecule has 0 aliphatic carbocycles. The zero-order valence-corrected chi connectivity index (χ0v) is 10.4. The van der Waals surface area contributed by atoms with Crippen molar-refractivity contribution in [2.24, 2.45) is 5.10 Å². The SMILES string of the molecule is C/C(=N/Nc1nc(-c2ccccc2)cs1)C(=O)O. The number of hydrogen-bond acceptors (Lipinski definition) is 5. The zero-order chi connectivity index (χ0) is 13.0. The van der Waals surface area contributed by atoms with Crippen molar-refractivity contribution in [3.63, 3.8) is 0 Å². The number of benzene rings is 1. The summed E-state index contributed by atoms with van der Waals surface area (Å²) in [5.41, 5.74) is 4.48. The van der Waals surface area contributed by atoms with Crippen LogP contribution in [0.2, 0.25) is 0 Å². The van der Waals surface area contributed by atoms with Crippen LogP contribution in [0.25, 0.3) is 11.3 Å². The molecule has 0 atom stereocenters. The maximum absolute atomic E-state index is 10.6. The molecule has 0 saturated heterocycles. The second kappa shape index (κ2) is 5.42. The Hall–Kier alpha value is -2.21. The Labute approximate surface area is 108 Å². The molecule has 18 heavy (non-hydrogen) atoms. The second-order valence-corrected chi connectivity index (χ2v) is 4.38. The van der Waals surface area contributed by atoms with Crippen LogP contribution in [0, 0.1) is 0 Å². The Balaban J connectivity index is 2.12. The normalized spacial score (nSPS) is 11.3. The molecule has 1 heterocycles. The molecule has 0 bridgehead atoms. The molecule has 1 aromatic heterocycles. The van der Waals surface area contributed by atoms with Gasteiger partial charge in [0.15, 0.2) is 0 Å². The summed E-state index contributed by atoms with van der Waals surface area (Å²) in [5.74, 6) is -1.05. The molecule has 2 N–H and O–H groups in total. The van der Waals surface area contributed by atoms with Crippen LogP contribution in [-0.4, -0.2) is 21.8 Å². The van der Waals surface area contributed by atoms with Gasteiger partial charge in [-0.15, -0.1) is 11.3 Å². The Bertz CT molecular complexity index is 578. The van der Waals surface area contributed by atoms with Gasteiger partial charge in [-0.3, -0.25) is 5.43 Å². The predicted molar refractivity (Wildman–Crippen MR) is 71.9 cm³/mol. The summed E-state index contributed by atoms with van der Waals surface area (Å²) in [6.45, 7) is 1.42. The number of aliphatic carboxylic acids is 1. The molecular weight excluding hydrogens is 250 g/mol. The summed E-state index contributed by atoms with van der Waals surface area (Å²) in [7, 11) is 0. The number of anilines is 1. The molecule has 2 aromatic rings. The Morgan fingerprint density at radius 3 is 2.78 bits per heavy atom. The largest absolute Gasteiger partial charge is 0.477 e. The van der Waals surface area contributed by atoms with Crippen molar-refractivity contribution in [1.29, 1.82) is 0 Å². The molecule has 0 aliphatic rings. The van der Waals surface area contributed by atoms with Gasteiger partial charge in [0.25, 0.3) is 0 Å². The number of nitrogens with one attached hydrogen (secondary N) is 1. The van der Waals surface area contributed by atoms with Crippen LogP contribution in [0.1, 0.15) is 6.92 Å². The first-order valence-electron chi connectivity index (χ1n) is 5.21. The molecule has 2 rings (SSSR count). The average molecular weight is 261 g/mol. The van der Waals surface area contributed by atoms with Gasteiger partial charge in [0.2, 0.25) is 5.13 Å².